The van der Waals surface area contributed by atoms with Crippen LogP contribution in [0.2, 0.25) is 0 Å². The van der Waals surface area contributed by atoms with E-state index in [1.54, 1.807) is 0 Å². The van der Waals surface area contributed by atoms with Crippen molar-refractivity contribution in [2.45, 2.75) is 5.54 Å². The zero-order chi connectivity index (χ0) is 32.8. The summed E-state index contributed by atoms with van der Waals surface area (Å²) in [6.45, 7) is 0.725. The summed E-state index contributed by atoms with van der Waals surface area (Å²) in [5.74, 6) is 2.41. The zero-order valence-corrected chi connectivity index (χ0v) is 27.1. The first-order valence-corrected chi connectivity index (χ1v) is 16.6. The molecule has 0 N–H and O–H groups in total. The fourth-order valence-electron chi connectivity index (χ4n) is 7.66. The van der Waals surface area contributed by atoms with E-state index in [-0.39, 0.29) is 0 Å². The summed E-state index contributed by atoms with van der Waals surface area (Å²) in [6.07, 6.45) is 1.84. The standard InChI is InChI=1S/C44H34N4O/c1-46-31-47(41-24-11-10-23-40(41)46)44(32-15-4-2-5-16-32,33-17-6-3-7-18-33)34-19-14-20-35(29-34)49-36-26-27-38-37-21-8-9-22-39(37)48(42(38)30-36)43-25-12-13-28-45-43/h2-30H,31H2,1H3. The molecule has 0 amide bonds. The molecule has 0 unspecified atom stereocenters. The molecule has 0 fully saturated rings. The van der Waals surface area contributed by atoms with Gasteiger partial charge in [0.25, 0.3) is 0 Å². The average molecular weight is 635 g/mol. The van der Waals surface area contributed by atoms with Gasteiger partial charge in [0.05, 0.1) is 29.1 Å². The van der Waals surface area contributed by atoms with Crippen molar-refractivity contribution in [1.82, 2.24) is 9.55 Å². The lowest BCUT2D eigenvalue weighted by atomic mass is 9.75. The van der Waals surface area contributed by atoms with Crippen molar-refractivity contribution in [3.05, 3.63) is 193 Å². The van der Waals surface area contributed by atoms with Crippen LogP contribution in [0.1, 0.15) is 16.7 Å². The minimum atomic E-state index is -0.641. The van der Waals surface area contributed by atoms with E-state index in [9.17, 15) is 0 Å². The second-order valence-electron chi connectivity index (χ2n) is 12.5. The Bertz CT molecular complexity index is 2380. The lowest BCUT2D eigenvalue weighted by molar-refractivity contribution is 0.479. The van der Waals surface area contributed by atoms with Crippen molar-refractivity contribution in [3.63, 3.8) is 0 Å². The van der Waals surface area contributed by atoms with E-state index in [2.05, 4.69) is 167 Å². The van der Waals surface area contributed by atoms with E-state index in [1.165, 1.54) is 27.9 Å². The van der Waals surface area contributed by atoms with Gasteiger partial charge in [0, 0.05) is 30.1 Å². The van der Waals surface area contributed by atoms with Crippen LogP contribution in [0.4, 0.5) is 11.4 Å². The number of benzene rings is 6. The van der Waals surface area contributed by atoms with Gasteiger partial charge in [0.15, 0.2) is 0 Å². The Morgan fingerprint density at radius 3 is 1.92 bits per heavy atom. The third-order valence-corrected chi connectivity index (χ3v) is 9.74. The number of anilines is 2. The van der Waals surface area contributed by atoms with E-state index < -0.39 is 5.54 Å². The number of fused-ring (bicyclic) bond motifs is 4. The molecular weight excluding hydrogens is 601 g/mol. The predicted molar refractivity (Wildman–Crippen MR) is 200 cm³/mol. The largest absolute Gasteiger partial charge is 0.457 e. The quantitative estimate of drug-likeness (QED) is 0.163. The molecule has 1 aliphatic heterocycles. The van der Waals surface area contributed by atoms with Gasteiger partial charge in [-0.05, 0) is 71.3 Å². The maximum atomic E-state index is 6.77. The summed E-state index contributed by atoms with van der Waals surface area (Å²) in [7, 11) is 2.17. The highest BCUT2D eigenvalue weighted by atomic mass is 16.5. The smallest absolute Gasteiger partial charge is 0.137 e. The lowest BCUT2D eigenvalue weighted by Gasteiger charge is -2.45. The predicted octanol–water partition coefficient (Wildman–Crippen LogP) is 10.2. The van der Waals surface area contributed by atoms with Gasteiger partial charge in [-0.1, -0.05) is 109 Å². The Morgan fingerprint density at radius 2 is 1.16 bits per heavy atom. The maximum Gasteiger partial charge on any atom is 0.137 e. The van der Waals surface area contributed by atoms with E-state index in [0.29, 0.717) is 0 Å². The minimum Gasteiger partial charge on any atom is -0.457 e. The van der Waals surface area contributed by atoms with Gasteiger partial charge in [-0.25, -0.2) is 4.98 Å². The molecule has 236 valence electrons. The number of pyridine rings is 1. The van der Waals surface area contributed by atoms with E-state index in [0.717, 1.165) is 46.0 Å². The summed E-state index contributed by atoms with van der Waals surface area (Å²) >= 11 is 0. The molecule has 0 saturated heterocycles. The summed E-state index contributed by atoms with van der Waals surface area (Å²) in [5, 5.41) is 2.34. The van der Waals surface area contributed by atoms with Crippen molar-refractivity contribution in [1.29, 1.82) is 0 Å². The molecule has 5 heteroatoms. The maximum absolute atomic E-state index is 6.77. The van der Waals surface area contributed by atoms with Crippen LogP contribution < -0.4 is 14.5 Å². The average Bonchev–Trinajstić information content (AvgIpc) is 3.68. The van der Waals surface area contributed by atoms with Crippen LogP contribution in [-0.4, -0.2) is 23.3 Å². The lowest BCUT2D eigenvalue weighted by Crippen LogP contribution is -2.49. The molecule has 0 aliphatic carbocycles. The number of rotatable bonds is 7. The first-order valence-electron chi connectivity index (χ1n) is 16.6. The van der Waals surface area contributed by atoms with Crippen LogP contribution in [0.25, 0.3) is 27.6 Å². The third-order valence-electron chi connectivity index (χ3n) is 9.74. The number of hydrogen-bond donors (Lipinski definition) is 0. The molecule has 0 atom stereocenters. The molecule has 49 heavy (non-hydrogen) atoms. The molecule has 0 bridgehead atoms. The second kappa shape index (κ2) is 11.7. The molecule has 5 nitrogen and oxygen atoms in total. The number of aromatic nitrogens is 2. The summed E-state index contributed by atoms with van der Waals surface area (Å²) in [6, 6.07) is 59.8. The normalized spacial score (nSPS) is 12.8. The summed E-state index contributed by atoms with van der Waals surface area (Å²) in [5.41, 5.74) is 7.41. The third kappa shape index (κ3) is 4.66. The van der Waals surface area contributed by atoms with Crippen LogP contribution >= 0.6 is 0 Å². The molecule has 8 aromatic rings. The van der Waals surface area contributed by atoms with Gasteiger partial charge < -0.3 is 14.5 Å². The number of nitrogens with zero attached hydrogens (tertiary/aromatic N) is 4. The van der Waals surface area contributed by atoms with Gasteiger partial charge in [0.1, 0.15) is 22.9 Å². The highest BCUT2D eigenvalue weighted by Crippen LogP contribution is 2.50. The minimum absolute atomic E-state index is 0.641. The van der Waals surface area contributed by atoms with Gasteiger partial charge in [-0.3, -0.25) is 4.57 Å². The fraction of sp³-hybridized carbons (Fsp3) is 0.0682. The van der Waals surface area contributed by atoms with Crippen LogP contribution in [0.5, 0.6) is 11.5 Å². The summed E-state index contributed by atoms with van der Waals surface area (Å²) in [4.78, 5) is 9.56. The molecule has 1 aliphatic rings. The molecule has 0 radical (unpaired) electrons. The van der Waals surface area contributed by atoms with E-state index in [1.807, 2.05) is 30.5 Å². The second-order valence-corrected chi connectivity index (χ2v) is 12.5. The van der Waals surface area contributed by atoms with Crippen molar-refractivity contribution < 1.29 is 4.74 Å². The van der Waals surface area contributed by atoms with E-state index >= 15 is 0 Å². The van der Waals surface area contributed by atoms with Crippen LogP contribution in [0, 0.1) is 0 Å². The molecule has 0 saturated carbocycles. The molecule has 9 rings (SSSR count). The van der Waals surface area contributed by atoms with Gasteiger partial charge in [0.2, 0.25) is 0 Å². The molecule has 2 aromatic heterocycles. The number of ether oxygens (including phenoxy) is 1. The van der Waals surface area contributed by atoms with Crippen molar-refractivity contribution in [3.8, 4) is 17.3 Å². The molecule has 0 spiro atoms. The first-order chi connectivity index (χ1) is 24.2. The monoisotopic (exact) mass is 634 g/mol. The van der Waals surface area contributed by atoms with Gasteiger partial charge in [-0.2, -0.15) is 0 Å². The molecule has 3 heterocycles. The first kappa shape index (κ1) is 28.9. The SMILES string of the molecule is CN1CN(C(c2ccccc2)(c2ccccc2)c2cccc(Oc3ccc4c5ccccc5n(-c5ccccn5)c4c3)c2)c2ccccc21. The summed E-state index contributed by atoms with van der Waals surface area (Å²) < 4.78 is 8.98. The Morgan fingerprint density at radius 1 is 0.531 bits per heavy atom. The highest BCUT2D eigenvalue weighted by molar-refractivity contribution is 6.09. The Hall–Kier alpha value is -6.33. The van der Waals surface area contributed by atoms with Crippen LogP contribution in [0.3, 0.4) is 0 Å². The highest BCUT2D eigenvalue weighted by Gasteiger charge is 2.46. The van der Waals surface area contributed by atoms with Crippen molar-refractivity contribution >= 4 is 33.2 Å². The van der Waals surface area contributed by atoms with Crippen LogP contribution in [0.15, 0.2) is 176 Å². The Balaban J connectivity index is 1.21. The number of para-hydroxylation sites is 3. The Labute approximate surface area is 285 Å². The topological polar surface area (TPSA) is 33.5 Å². The van der Waals surface area contributed by atoms with Crippen molar-refractivity contribution in [2.75, 3.05) is 23.5 Å². The van der Waals surface area contributed by atoms with Gasteiger partial charge in [-0.15, -0.1) is 0 Å². The zero-order valence-electron chi connectivity index (χ0n) is 27.1. The van der Waals surface area contributed by atoms with Crippen LogP contribution in [-0.2, 0) is 5.54 Å². The van der Waals surface area contributed by atoms with E-state index in [4.69, 9.17) is 9.72 Å². The molecular formula is C44H34N4O. The Kier molecular flexibility index (Phi) is 6.91. The van der Waals surface area contributed by atoms with Crippen molar-refractivity contribution in [2.24, 2.45) is 0 Å². The molecule has 6 aromatic carbocycles. The number of hydrogen-bond acceptors (Lipinski definition) is 4. The van der Waals surface area contributed by atoms with Gasteiger partial charge >= 0.3 is 0 Å². The fourth-order valence-corrected chi connectivity index (χ4v) is 7.66.